The van der Waals surface area contributed by atoms with Crippen molar-refractivity contribution in [2.75, 3.05) is 0 Å². The molecular formula is C94H56F4N4. The number of aromatic nitrogens is 4. The topological polar surface area (TPSA) is 51.6 Å². The smallest absolute Gasteiger partial charge is 0.228 e. The highest BCUT2D eigenvalue weighted by Crippen LogP contribution is 2.54. The Balaban J connectivity index is 0.000000141. The van der Waals surface area contributed by atoms with Crippen molar-refractivity contribution in [2.24, 2.45) is 0 Å². The zero-order valence-corrected chi connectivity index (χ0v) is 54.6. The van der Waals surface area contributed by atoms with E-state index in [1.54, 1.807) is 36.4 Å². The van der Waals surface area contributed by atoms with Crippen LogP contribution in [0.1, 0.15) is 22.3 Å². The van der Waals surface area contributed by atoms with E-state index < -0.39 is 11.8 Å². The molecule has 2 aliphatic rings. The lowest BCUT2D eigenvalue weighted by Gasteiger charge is -2.16. The molecule has 102 heavy (non-hydrogen) atoms. The van der Waals surface area contributed by atoms with Crippen molar-refractivity contribution in [2.45, 2.75) is 11.8 Å². The largest absolute Gasteiger partial charge is 0.299 e. The van der Waals surface area contributed by atoms with Crippen LogP contribution in [0.15, 0.2) is 340 Å². The standard InChI is InChI=1S/2C47H28F2N2/c48-47(49)42-16-8-7-15-39(42)40-22-21-33(27-43(40)47)36-23-24-41(38-14-6-5-13-37(36)38)45-28-44(34-19-17-29-9-1-3-11-31(29)25-34)50-46(51-45)35-20-18-30-10-2-4-12-32(30)26-35;48-47(49)42-16-8-7-15-39(42)40-22-21-33(27-43(40)47)36-23-24-41(38-14-6-5-13-37(36)38)46-50-44(34-19-17-29-9-1-3-11-31(29)25-34)28-45(51-46)35-20-18-30-10-2-4-12-32(30)26-35/h2*1-28H. The summed E-state index contributed by atoms with van der Waals surface area (Å²) in [6.07, 6.45) is 0. The van der Waals surface area contributed by atoms with E-state index in [1.165, 1.54) is 28.3 Å². The summed E-state index contributed by atoms with van der Waals surface area (Å²) in [5.74, 6) is -4.89. The van der Waals surface area contributed by atoms with E-state index in [4.69, 9.17) is 19.9 Å². The summed E-state index contributed by atoms with van der Waals surface area (Å²) in [4.78, 5) is 20.7. The molecule has 2 aromatic heterocycles. The fourth-order valence-corrected chi connectivity index (χ4v) is 15.3. The molecule has 0 saturated heterocycles. The van der Waals surface area contributed by atoms with Crippen LogP contribution in [0.4, 0.5) is 17.6 Å². The van der Waals surface area contributed by atoms with Gasteiger partial charge in [0.2, 0.25) is 0 Å². The highest BCUT2D eigenvalue weighted by atomic mass is 19.3. The molecule has 2 aliphatic carbocycles. The second-order valence-corrected chi connectivity index (χ2v) is 26.3. The van der Waals surface area contributed by atoms with Crippen LogP contribution in [-0.2, 0) is 11.8 Å². The number of benzene rings is 16. The maximum absolute atomic E-state index is 15.7. The van der Waals surface area contributed by atoms with E-state index in [-0.39, 0.29) is 22.3 Å². The zero-order valence-electron chi connectivity index (χ0n) is 54.6. The molecule has 0 saturated carbocycles. The normalized spacial score (nSPS) is 13.1. The number of alkyl halides is 4. The molecule has 0 N–H and O–H groups in total. The van der Waals surface area contributed by atoms with E-state index in [9.17, 15) is 0 Å². The first kappa shape index (κ1) is 60.2. The van der Waals surface area contributed by atoms with E-state index in [0.29, 0.717) is 33.9 Å². The molecule has 0 atom stereocenters. The molecule has 0 fully saturated rings. The molecule has 0 amide bonds. The number of fused-ring (bicyclic) bond motifs is 12. The molecule has 16 aromatic carbocycles. The summed E-state index contributed by atoms with van der Waals surface area (Å²) in [6, 6.07) is 112. The predicted octanol–water partition coefficient (Wildman–Crippen LogP) is 25.4. The third-order valence-electron chi connectivity index (χ3n) is 20.4. The van der Waals surface area contributed by atoms with Gasteiger partial charge >= 0.3 is 0 Å². The van der Waals surface area contributed by atoms with Crippen molar-refractivity contribution in [3.8, 4) is 112 Å². The summed E-state index contributed by atoms with van der Waals surface area (Å²) in [5, 5.41) is 13.0. The quantitative estimate of drug-likeness (QED) is 0.142. The number of nitrogens with zero attached hydrogens (tertiary/aromatic N) is 4. The van der Waals surface area contributed by atoms with Crippen LogP contribution < -0.4 is 0 Å². The lowest BCUT2D eigenvalue weighted by atomic mass is 9.91. The van der Waals surface area contributed by atoms with Crippen molar-refractivity contribution in [3.63, 3.8) is 0 Å². The molecule has 2 heterocycles. The minimum atomic E-state index is -3.06. The van der Waals surface area contributed by atoms with Crippen molar-refractivity contribution >= 4 is 64.6 Å². The van der Waals surface area contributed by atoms with Gasteiger partial charge in [-0.3, -0.25) is 0 Å². The van der Waals surface area contributed by atoms with Crippen LogP contribution in [0.25, 0.3) is 177 Å². The first-order valence-corrected chi connectivity index (χ1v) is 34.1. The fourth-order valence-electron chi connectivity index (χ4n) is 15.3. The Morgan fingerprint density at radius 2 is 0.461 bits per heavy atom. The second-order valence-electron chi connectivity index (χ2n) is 26.3. The fraction of sp³-hybridized carbons (Fsp3) is 0.0213. The van der Waals surface area contributed by atoms with Crippen LogP contribution in [0.3, 0.4) is 0 Å². The van der Waals surface area contributed by atoms with Crippen LogP contribution in [0, 0.1) is 0 Å². The highest BCUT2D eigenvalue weighted by molar-refractivity contribution is 6.07. The third kappa shape index (κ3) is 10.2. The van der Waals surface area contributed by atoms with E-state index in [0.717, 1.165) is 127 Å². The molecule has 0 radical (unpaired) electrons. The SMILES string of the molecule is FC1(F)c2ccccc2-c2ccc(-c3ccc(-c4cc(-c5ccc6ccccc6c5)nc(-c5ccc6ccccc6c5)n4)c4ccccc34)cc21.FC1(F)c2ccccc2-c2ccc(-c3ccc(-c4nc(-c5ccc6ccccc6c5)cc(-c5ccc6ccccc6c5)n4)c4ccccc34)cc21. The summed E-state index contributed by atoms with van der Waals surface area (Å²) in [6.45, 7) is 0. The van der Waals surface area contributed by atoms with E-state index >= 15 is 17.6 Å². The van der Waals surface area contributed by atoms with Gasteiger partial charge in [0.25, 0.3) is 11.8 Å². The summed E-state index contributed by atoms with van der Waals surface area (Å²) < 4.78 is 63.0. The van der Waals surface area contributed by atoms with Crippen molar-refractivity contribution in [3.05, 3.63) is 362 Å². The van der Waals surface area contributed by atoms with Gasteiger partial charge in [0.1, 0.15) is 0 Å². The third-order valence-corrected chi connectivity index (χ3v) is 20.4. The Kier molecular flexibility index (Phi) is 14.1. The molecule has 0 bridgehead atoms. The van der Waals surface area contributed by atoms with E-state index in [2.05, 4.69) is 158 Å². The van der Waals surface area contributed by atoms with Crippen molar-refractivity contribution in [1.82, 2.24) is 19.9 Å². The Bertz CT molecular complexity index is 5910. The number of rotatable bonds is 8. The maximum atomic E-state index is 15.7. The van der Waals surface area contributed by atoms with Crippen LogP contribution in [-0.4, -0.2) is 19.9 Å². The van der Waals surface area contributed by atoms with Gasteiger partial charge in [0.05, 0.1) is 22.8 Å². The van der Waals surface area contributed by atoms with Gasteiger partial charge in [0, 0.05) is 55.6 Å². The molecule has 4 nitrogen and oxygen atoms in total. The van der Waals surface area contributed by atoms with Gasteiger partial charge in [-0.1, -0.05) is 285 Å². The van der Waals surface area contributed by atoms with Crippen molar-refractivity contribution < 1.29 is 17.6 Å². The minimum absolute atomic E-state index is 0.0424. The predicted molar refractivity (Wildman–Crippen MR) is 409 cm³/mol. The second kappa shape index (κ2) is 23.9. The molecule has 18 aromatic rings. The molecular weight excluding hydrogens is 1260 g/mol. The monoisotopic (exact) mass is 1320 g/mol. The summed E-state index contributed by atoms with van der Waals surface area (Å²) in [7, 11) is 0. The lowest BCUT2D eigenvalue weighted by Crippen LogP contribution is -2.10. The number of halogens is 4. The van der Waals surface area contributed by atoms with Gasteiger partial charge in [-0.05, 0) is 164 Å². The Labute approximate surface area is 584 Å². The molecule has 0 aliphatic heterocycles. The number of hydrogen-bond donors (Lipinski definition) is 0. The molecule has 0 unspecified atom stereocenters. The van der Waals surface area contributed by atoms with Gasteiger partial charge in [-0.25, -0.2) is 19.9 Å². The lowest BCUT2D eigenvalue weighted by molar-refractivity contribution is 0.0475. The molecule has 0 spiro atoms. The Morgan fingerprint density at radius 3 is 0.902 bits per heavy atom. The van der Waals surface area contributed by atoms with Crippen LogP contribution in [0.2, 0.25) is 0 Å². The molecule has 480 valence electrons. The minimum Gasteiger partial charge on any atom is -0.228 e. The van der Waals surface area contributed by atoms with Gasteiger partial charge in [-0.15, -0.1) is 0 Å². The number of hydrogen-bond acceptors (Lipinski definition) is 4. The zero-order chi connectivity index (χ0) is 68.2. The average Bonchev–Trinajstić information content (AvgIpc) is 1.54. The molecule has 8 heteroatoms. The van der Waals surface area contributed by atoms with Gasteiger partial charge in [0.15, 0.2) is 11.6 Å². The molecule has 20 rings (SSSR count). The van der Waals surface area contributed by atoms with Crippen LogP contribution in [0.5, 0.6) is 0 Å². The Hall–Kier alpha value is -13.0. The maximum Gasteiger partial charge on any atom is 0.299 e. The highest BCUT2D eigenvalue weighted by Gasteiger charge is 2.45. The van der Waals surface area contributed by atoms with Gasteiger partial charge in [-0.2, -0.15) is 17.6 Å². The van der Waals surface area contributed by atoms with Gasteiger partial charge < -0.3 is 0 Å². The first-order chi connectivity index (χ1) is 50.0. The van der Waals surface area contributed by atoms with Crippen molar-refractivity contribution in [1.29, 1.82) is 0 Å². The van der Waals surface area contributed by atoms with Crippen LogP contribution >= 0.6 is 0 Å². The average molecular weight is 1320 g/mol. The summed E-state index contributed by atoms with van der Waals surface area (Å²) in [5.41, 5.74) is 14.8. The summed E-state index contributed by atoms with van der Waals surface area (Å²) >= 11 is 0. The van der Waals surface area contributed by atoms with E-state index in [1.807, 2.05) is 133 Å². The first-order valence-electron chi connectivity index (χ1n) is 34.1. The Morgan fingerprint density at radius 1 is 0.176 bits per heavy atom.